The molecule has 0 aliphatic carbocycles. The monoisotopic (exact) mass is 740 g/mol. The van der Waals surface area contributed by atoms with Gasteiger partial charge in [-0.15, -0.1) is 15.3 Å². The smallest absolute Gasteiger partial charge is 0.315 e. The van der Waals surface area contributed by atoms with Crippen LogP contribution < -0.4 is 21.3 Å². The SMILES string of the molecule is CC1Nc2ccc(/N=N/c3ccc(/N=N/c4ccccc4)c4ccccc34)c3cccc(c23)NC1CCCOC(=O)CCCC[C@H]1SC[C@H]2NC(=O)N[C@H]21. The van der Waals surface area contributed by atoms with Gasteiger partial charge >= 0.3 is 12.0 Å². The normalized spacial score (nSPS) is 21.8. The summed E-state index contributed by atoms with van der Waals surface area (Å²) >= 11 is 1.91. The number of ether oxygens (including phenoxy) is 1. The summed E-state index contributed by atoms with van der Waals surface area (Å²) in [6, 6.07) is 32.6. The molecule has 3 aliphatic heterocycles. The maximum Gasteiger partial charge on any atom is 0.315 e. The average molecular weight is 741 g/mol. The van der Waals surface area contributed by atoms with Crippen LogP contribution in [0.3, 0.4) is 0 Å². The number of urea groups is 1. The minimum Gasteiger partial charge on any atom is -0.466 e. The second-order valence-electron chi connectivity index (χ2n) is 14.2. The Hall–Kier alpha value is -5.49. The molecule has 12 heteroatoms. The van der Waals surface area contributed by atoms with Crippen LogP contribution in [0.1, 0.15) is 45.4 Å². The molecule has 5 aromatic rings. The van der Waals surface area contributed by atoms with Crippen LogP contribution in [0.2, 0.25) is 0 Å². The fourth-order valence-electron chi connectivity index (χ4n) is 7.69. The number of benzene rings is 5. The number of hydrogen-bond acceptors (Lipinski definition) is 10. The first-order valence-electron chi connectivity index (χ1n) is 18.8. The predicted molar refractivity (Wildman–Crippen MR) is 217 cm³/mol. The number of hydrogen-bond donors (Lipinski definition) is 4. The zero-order valence-corrected chi connectivity index (χ0v) is 31.0. The molecule has 2 unspecified atom stereocenters. The maximum absolute atomic E-state index is 12.5. The number of rotatable bonds is 13. The Bertz CT molecular complexity index is 2210. The van der Waals surface area contributed by atoms with Crippen molar-refractivity contribution < 1.29 is 14.3 Å². The quantitative estimate of drug-likeness (QED) is 0.0410. The van der Waals surface area contributed by atoms with E-state index in [-0.39, 0.29) is 36.2 Å². The third kappa shape index (κ3) is 7.89. The van der Waals surface area contributed by atoms with E-state index in [0.29, 0.717) is 18.3 Å². The van der Waals surface area contributed by atoms with Gasteiger partial charge in [0.05, 0.1) is 41.4 Å². The van der Waals surface area contributed by atoms with Crippen LogP contribution in [0, 0.1) is 0 Å². The number of amides is 2. The van der Waals surface area contributed by atoms with E-state index in [1.807, 2.05) is 84.6 Å². The molecule has 2 amide bonds. The summed E-state index contributed by atoms with van der Waals surface area (Å²) in [5.74, 6) is 0.812. The third-order valence-electron chi connectivity index (χ3n) is 10.5. The van der Waals surface area contributed by atoms with Gasteiger partial charge in [0.2, 0.25) is 0 Å². The van der Waals surface area contributed by atoms with Gasteiger partial charge in [0, 0.05) is 62.4 Å². The highest BCUT2D eigenvalue weighted by Gasteiger charge is 2.42. The number of nitrogens with zero attached hydrogens (tertiary/aromatic N) is 4. The Balaban J connectivity index is 0.877. The molecule has 0 aromatic heterocycles. The number of carbonyl (C=O) groups is 2. The van der Waals surface area contributed by atoms with Crippen molar-refractivity contribution in [2.45, 2.75) is 74.9 Å². The summed E-state index contributed by atoms with van der Waals surface area (Å²) in [6.45, 7) is 2.58. The first-order valence-corrected chi connectivity index (χ1v) is 19.9. The molecule has 0 spiro atoms. The molecule has 5 aromatic carbocycles. The lowest BCUT2D eigenvalue weighted by Gasteiger charge is -2.24. The molecule has 3 heterocycles. The summed E-state index contributed by atoms with van der Waals surface area (Å²) in [5.41, 5.74) is 5.19. The van der Waals surface area contributed by atoms with Crippen molar-refractivity contribution in [3.63, 3.8) is 0 Å². The minimum absolute atomic E-state index is 0.0610. The molecule has 54 heavy (non-hydrogen) atoms. The Morgan fingerprint density at radius 2 is 1.39 bits per heavy atom. The Labute approximate surface area is 318 Å². The number of thioether (sulfide) groups is 1. The summed E-state index contributed by atoms with van der Waals surface area (Å²) < 4.78 is 5.63. The molecule has 2 saturated heterocycles. The second-order valence-corrected chi connectivity index (χ2v) is 15.4. The van der Waals surface area contributed by atoms with E-state index in [1.165, 1.54) is 0 Å². The molecule has 4 N–H and O–H groups in total. The topological polar surface area (TPSA) is 141 Å². The van der Waals surface area contributed by atoms with Crippen LogP contribution >= 0.6 is 11.8 Å². The van der Waals surface area contributed by atoms with Crippen molar-refractivity contribution in [2.24, 2.45) is 20.5 Å². The highest BCUT2D eigenvalue weighted by atomic mass is 32.2. The predicted octanol–water partition coefficient (Wildman–Crippen LogP) is 10.5. The van der Waals surface area contributed by atoms with Crippen LogP contribution in [0.25, 0.3) is 21.5 Å². The van der Waals surface area contributed by atoms with Crippen molar-refractivity contribution in [3.05, 3.63) is 97.1 Å². The number of nitrogens with one attached hydrogen (secondary N) is 4. The number of anilines is 2. The van der Waals surface area contributed by atoms with Gasteiger partial charge in [0.15, 0.2) is 0 Å². The van der Waals surface area contributed by atoms with Crippen LogP contribution in [-0.2, 0) is 9.53 Å². The first kappa shape index (κ1) is 35.5. The van der Waals surface area contributed by atoms with Crippen LogP contribution in [0.15, 0.2) is 118 Å². The number of fused-ring (bicyclic) bond motifs is 2. The largest absolute Gasteiger partial charge is 0.466 e. The van der Waals surface area contributed by atoms with Crippen molar-refractivity contribution >= 4 is 79.4 Å². The average Bonchev–Trinajstić information content (AvgIpc) is 3.71. The van der Waals surface area contributed by atoms with Crippen molar-refractivity contribution in [1.82, 2.24) is 10.6 Å². The zero-order chi connectivity index (χ0) is 36.9. The molecule has 5 atom stereocenters. The van der Waals surface area contributed by atoms with E-state index >= 15 is 0 Å². The van der Waals surface area contributed by atoms with Gasteiger partial charge in [-0.2, -0.15) is 16.9 Å². The van der Waals surface area contributed by atoms with E-state index in [2.05, 4.69) is 62.7 Å². The first-order chi connectivity index (χ1) is 26.5. The molecule has 11 nitrogen and oxygen atoms in total. The minimum atomic E-state index is -0.140. The Morgan fingerprint density at radius 1 is 0.704 bits per heavy atom. The number of carbonyl (C=O) groups excluding carboxylic acids is 2. The van der Waals surface area contributed by atoms with Crippen LogP contribution in [0.4, 0.5) is 38.9 Å². The van der Waals surface area contributed by atoms with Gasteiger partial charge in [-0.1, -0.05) is 61.0 Å². The van der Waals surface area contributed by atoms with Gasteiger partial charge in [-0.05, 0) is 75.1 Å². The summed E-state index contributed by atoms with van der Waals surface area (Å²) in [7, 11) is 0. The standard InChI is InChI=1S/C42H44N8O3S/c1-26-31(17-10-24-53-39(51)19-8-7-18-38-41-37(25-54-38)45-42(52)46-41)44-35-16-9-15-30-34(22-23-36(43-26)40(30)35)50-49-33-21-20-32(28-13-5-6-14-29(28)33)48-47-27-11-3-2-4-12-27/h2-6,9,11-16,20-23,26,31,37-38,41,43-44H,7-8,10,17-19,24-25H2,1H3,(H2,45,46,52)/b48-47+,50-49+/t26?,31?,37-,38-,41-/m1/s1. The second kappa shape index (κ2) is 16.3. The molecule has 276 valence electrons. The summed E-state index contributed by atoms with van der Waals surface area (Å²) in [4.78, 5) is 24.1. The molecule has 0 saturated carbocycles. The van der Waals surface area contributed by atoms with E-state index < -0.39 is 0 Å². The van der Waals surface area contributed by atoms with E-state index in [1.54, 1.807) is 0 Å². The Morgan fingerprint density at radius 3 is 2.19 bits per heavy atom. The van der Waals surface area contributed by atoms with Crippen molar-refractivity contribution in [2.75, 3.05) is 23.0 Å². The molecule has 0 radical (unpaired) electrons. The van der Waals surface area contributed by atoms with Crippen molar-refractivity contribution in [1.29, 1.82) is 0 Å². The number of unbranched alkanes of at least 4 members (excludes halogenated alkanes) is 1. The van der Waals surface area contributed by atoms with Gasteiger partial charge in [0.25, 0.3) is 0 Å². The molecule has 0 bridgehead atoms. The van der Waals surface area contributed by atoms with Crippen LogP contribution in [0.5, 0.6) is 0 Å². The molecule has 8 rings (SSSR count). The lowest BCUT2D eigenvalue weighted by atomic mass is 10.0. The van der Waals surface area contributed by atoms with Gasteiger partial charge in [-0.3, -0.25) is 4.79 Å². The lowest BCUT2D eigenvalue weighted by Crippen LogP contribution is -2.36. The molecule has 2 fully saturated rings. The van der Waals surface area contributed by atoms with Crippen LogP contribution in [-0.4, -0.2) is 53.8 Å². The fourth-order valence-corrected chi connectivity index (χ4v) is 9.23. The Kier molecular flexibility index (Phi) is 10.7. The van der Waals surface area contributed by atoms with E-state index in [9.17, 15) is 9.59 Å². The lowest BCUT2D eigenvalue weighted by molar-refractivity contribution is -0.143. The van der Waals surface area contributed by atoms with E-state index in [4.69, 9.17) is 15.0 Å². The number of esters is 1. The van der Waals surface area contributed by atoms with E-state index in [0.717, 1.165) is 93.5 Å². The zero-order valence-electron chi connectivity index (χ0n) is 30.2. The highest BCUT2D eigenvalue weighted by Crippen LogP contribution is 2.41. The molecule has 3 aliphatic rings. The van der Waals surface area contributed by atoms with Crippen molar-refractivity contribution in [3.8, 4) is 0 Å². The fraction of sp³-hybridized carbons (Fsp3) is 0.333. The van der Waals surface area contributed by atoms with Gasteiger partial charge in [-0.25, -0.2) is 4.79 Å². The maximum atomic E-state index is 12.5. The highest BCUT2D eigenvalue weighted by molar-refractivity contribution is 8.00. The number of azo groups is 2. The van der Waals surface area contributed by atoms with Gasteiger partial charge < -0.3 is 26.0 Å². The third-order valence-corrected chi connectivity index (χ3v) is 12.0. The summed E-state index contributed by atoms with van der Waals surface area (Å²) in [6.07, 6.45) is 4.77. The molecular formula is C42H44N8O3S. The molecular weight excluding hydrogens is 697 g/mol. The van der Waals surface area contributed by atoms with Gasteiger partial charge in [0.1, 0.15) is 0 Å². The summed E-state index contributed by atoms with van der Waals surface area (Å²) in [5, 5.41) is 36.4.